The number of hydrogen-bond donors (Lipinski definition) is 1. The van der Waals surface area contributed by atoms with Gasteiger partial charge in [0.1, 0.15) is 5.75 Å². The Morgan fingerprint density at radius 1 is 1.14 bits per heavy atom. The predicted octanol–water partition coefficient (Wildman–Crippen LogP) is 3.05. The largest absolute Gasteiger partial charge is 0.497 e. The Morgan fingerprint density at radius 2 is 1.93 bits per heavy atom. The summed E-state index contributed by atoms with van der Waals surface area (Å²) in [5.74, 6) is 0.691. The summed E-state index contributed by atoms with van der Waals surface area (Å²) in [7, 11) is 3.29. The summed E-state index contributed by atoms with van der Waals surface area (Å²) in [4.78, 5) is 28.4. The summed E-state index contributed by atoms with van der Waals surface area (Å²) >= 11 is 0. The fourth-order valence-corrected chi connectivity index (χ4v) is 5.12. The maximum Gasteiger partial charge on any atom is 0.254 e. The summed E-state index contributed by atoms with van der Waals surface area (Å²) < 4.78 is 5.28. The molecule has 2 aliphatic heterocycles. The number of hydrogen-bond acceptors (Lipinski definition) is 3. The SMILES string of the molecule is CNC(=O)[C@]1(Cc2ccccc2)C[C@@H]2CC[C@H]1N2C(=O)c1cccc(OC)c1. The van der Waals surface area contributed by atoms with E-state index in [0.29, 0.717) is 24.2 Å². The Balaban J connectivity index is 1.68. The van der Waals surface area contributed by atoms with Gasteiger partial charge in [0.15, 0.2) is 0 Å². The van der Waals surface area contributed by atoms with Crippen LogP contribution in [0.25, 0.3) is 0 Å². The molecule has 2 aromatic carbocycles. The van der Waals surface area contributed by atoms with E-state index in [1.807, 2.05) is 41.3 Å². The van der Waals surface area contributed by atoms with E-state index in [1.165, 1.54) is 0 Å². The van der Waals surface area contributed by atoms with Gasteiger partial charge in [0.25, 0.3) is 5.91 Å². The van der Waals surface area contributed by atoms with E-state index >= 15 is 0 Å². The fourth-order valence-electron chi connectivity index (χ4n) is 5.12. The number of rotatable bonds is 5. The monoisotopic (exact) mass is 378 g/mol. The van der Waals surface area contributed by atoms with E-state index in [0.717, 1.165) is 18.4 Å². The summed E-state index contributed by atoms with van der Waals surface area (Å²) in [5, 5.41) is 2.87. The molecule has 1 N–H and O–H groups in total. The molecule has 0 saturated carbocycles. The molecule has 2 aromatic rings. The van der Waals surface area contributed by atoms with Gasteiger partial charge in [0, 0.05) is 24.7 Å². The van der Waals surface area contributed by atoms with Crippen molar-refractivity contribution in [2.24, 2.45) is 5.41 Å². The maximum atomic E-state index is 13.4. The first kappa shape index (κ1) is 18.5. The van der Waals surface area contributed by atoms with Crippen LogP contribution in [0, 0.1) is 5.41 Å². The number of methoxy groups -OCH3 is 1. The molecular weight excluding hydrogens is 352 g/mol. The fraction of sp³-hybridized carbons (Fsp3) is 0.391. The third-order valence-corrected chi connectivity index (χ3v) is 6.33. The van der Waals surface area contributed by atoms with Gasteiger partial charge >= 0.3 is 0 Å². The van der Waals surface area contributed by atoms with Gasteiger partial charge in [0.2, 0.25) is 5.91 Å². The molecule has 4 rings (SSSR count). The van der Waals surface area contributed by atoms with Crippen LogP contribution in [-0.4, -0.2) is 43.0 Å². The second-order valence-electron chi connectivity index (χ2n) is 7.79. The van der Waals surface area contributed by atoms with E-state index in [2.05, 4.69) is 17.4 Å². The molecule has 2 fully saturated rings. The molecule has 0 spiro atoms. The quantitative estimate of drug-likeness (QED) is 0.870. The molecule has 146 valence electrons. The molecule has 0 aliphatic carbocycles. The first-order chi connectivity index (χ1) is 13.6. The molecule has 5 heteroatoms. The lowest BCUT2D eigenvalue weighted by Gasteiger charge is -2.36. The van der Waals surface area contributed by atoms with Crippen molar-refractivity contribution in [1.82, 2.24) is 10.2 Å². The van der Waals surface area contributed by atoms with Crippen molar-refractivity contribution in [3.63, 3.8) is 0 Å². The van der Waals surface area contributed by atoms with Crippen LogP contribution in [0.15, 0.2) is 54.6 Å². The molecule has 2 heterocycles. The van der Waals surface area contributed by atoms with Crippen molar-refractivity contribution in [2.75, 3.05) is 14.2 Å². The van der Waals surface area contributed by atoms with Crippen LogP contribution in [-0.2, 0) is 11.2 Å². The number of ether oxygens (including phenoxy) is 1. The highest BCUT2D eigenvalue weighted by atomic mass is 16.5. The minimum Gasteiger partial charge on any atom is -0.497 e. The Labute approximate surface area is 165 Å². The lowest BCUT2D eigenvalue weighted by atomic mass is 9.69. The third kappa shape index (κ3) is 2.95. The lowest BCUT2D eigenvalue weighted by molar-refractivity contribution is -0.132. The highest BCUT2D eigenvalue weighted by Gasteiger charge is 2.60. The Morgan fingerprint density at radius 3 is 2.64 bits per heavy atom. The van der Waals surface area contributed by atoms with Gasteiger partial charge < -0.3 is 15.0 Å². The van der Waals surface area contributed by atoms with Crippen molar-refractivity contribution >= 4 is 11.8 Å². The third-order valence-electron chi connectivity index (χ3n) is 6.33. The topological polar surface area (TPSA) is 58.6 Å². The van der Waals surface area contributed by atoms with Crippen molar-refractivity contribution in [2.45, 2.75) is 37.8 Å². The van der Waals surface area contributed by atoms with Crippen LogP contribution in [0.5, 0.6) is 5.75 Å². The van der Waals surface area contributed by atoms with E-state index < -0.39 is 5.41 Å². The van der Waals surface area contributed by atoms with Crippen LogP contribution in [0.1, 0.15) is 35.2 Å². The summed E-state index contributed by atoms with van der Waals surface area (Å²) in [6.07, 6.45) is 3.17. The molecule has 0 aromatic heterocycles. The number of amides is 2. The average Bonchev–Trinajstić information content (AvgIpc) is 3.29. The Bertz CT molecular complexity index is 882. The van der Waals surface area contributed by atoms with Gasteiger partial charge in [0.05, 0.1) is 12.5 Å². The van der Waals surface area contributed by atoms with Crippen LogP contribution in [0.3, 0.4) is 0 Å². The van der Waals surface area contributed by atoms with Crippen LogP contribution in [0.2, 0.25) is 0 Å². The highest BCUT2D eigenvalue weighted by Crippen LogP contribution is 2.52. The van der Waals surface area contributed by atoms with E-state index in [1.54, 1.807) is 20.2 Å². The smallest absolute Gasteiger partial charge is 0.254 e. The minimum absolute atomic E-state index is 0.00904. The number of carbonyl (C=O) groups excluding carboxylic acids is 2. The summed E-state index contributed by atoms with van der Waals surface area (Å²) in [6, 6.07) is 17.4. The van der Waals surface area contributed by atoms with Crippen molar-refractivity contribution < 1.29 is 14.3 Å². The molecule has 0 unspecified atom stereocenters. The van der Waals surface area contributed by atoms with Crippen LogP contribution < -0.4 is 10.1 Å². The molecule has 2 bridgehead atoms. The summed E-state index contributed by atoms with van der Waals surface area (Å²) in [5.41, 5.74) is 1.17. The average molecular weight is 378 g/mol. The van der Waals surface area contributed by atoms with Crippen LogP contribution in [0.4, 0.5) is 0 Å². The summed E-state index contributed by atoms with van der Waals surface area (Å²) in [6.45, 7) is 0. The standard InChI is InChI=1S/C23H26N2O3/c1-24-22(27)23(14-16-7-4-3-5-8-16)15-18-11-12-20(23)25(18)21(26)17-9-6-10-19(13-17)28-2/h3-10,13,18,20H,11-12,14-15H2,1-2H3,(H,24,27)/t18-,20+,23+/m0/s1. The van der Waals surface area contributed by atoms with Gasteiger partial charge in [-0.1, -0.05) is 36.4 Å². The number of fused-ring (bicyclic) bond motifs is 2. The maximum absolute atomic E-state index is 13.4. The zero-order chi connectivity index (χ0) is 19.7. The normalized spacial score (nSPS) is 25.6. The molecule has 0 radical (unpaired) electrons. The van der Waals surface area contributed by atoms with Crippen molar-refractivity contribution in [1.29, 1.82) is 0 Å². The van der Waals surface area contributed by atoms with Crippen molar-refractivity contribution in [3.8, 4) is 5.75 Å². The first-order valence-corrected chi connectivity index (χ1v) is 9.82. The van der Waals surface area contributed by atoms with Gasteiger partial charge in [-0.3, -0.25) is 9.59 Å². The second-order valence-corrected chi connectivity index (χ2v) is 7.79. The van der Waals surface area contributed by atoms with E-state index in [-0.39, 0.29) is 23.9 Å². The Kier molecular flexibility index (Phi) is 4.84. The molecule has 28 heavy (non-hydrogen) atoms. The van der Waals surface area contributed by atoms with Gasteiger partial charge in [-0.2, -0.15) is 0 Å². The van der Waals surface area contributed by atoms with Crippen molar-refractivity contribution in [3.05, 3.63) is 65.7 Å². The molecule has 2 aliphatic rings. The molecule has 5 nitrogen and oxygen atoms in total. The minimum atomic E-state index is -0.576. The first-order valence-electron chi connectivity index (χ1n) is 9.82. The number of nitrogens with zero attached hydrogens (tertiary/aromatic N) is 1. The zero-order valence-electron chi connectivity index (χ0n) is 16.4. The number of carbonyl (C=O) groups is 2. The molecule has 2 saturated heterocycles. The van der Waals surface area contributed by atoms with Gasteiger partial charge in [-0.05, 0) is 49.4 Å². The Hall–Kier alpha value is -2.82. The number of benzene rings is 2. The zero-order valence-corrected chi connectivity index (χ0v) is 16.4. The lowest BCUT2D eigenvalue weighted by Crippen LogP contribution is -2.50. The van der Waals surface area contributed by atoms with Crippen LogP contribution >= 0.6 is 0 Å². The van der Waals surface area contributed by atoms with E-state index in [9.17, 15) is 9.59 Å². The van der Waals surface area contributed by atoms with Gasteiger partial charge in [-0.25, -0.2) is 0 Å². The second kappa shape index (κ2) is 7.30. The van der Waals surface area contributed by atoms with E-state index in [4.69, 9.17) is 4.74 Å². The molecular formula is C23H26N2O3. The predicted molar refractivity (Wildman–Crippen MR) is 107 cm³/mol. The highest BCUT2D eigenvalue weighted by molar-refractivity contribution is 5.97. The number of nitrogens with one attached hydrogen (secondary N) is 1. The van der Waals surface area contributed by atoms with Gasteiger partial charge in [-0.15, -0.1) is 0 Å². The molecule has 3 atom stereocenters. The molecule has 2 amide bonds.